The Labute approximate surface area is 186 Å². The van der Waals surface area contributed by atoms with E-state index in [2.05, 4.69) is 44.8 Å². The van der Waals surface area contributed by atoms with Gasteiger partial charge in [-0.15, -0.1) is 5.10 Å². The summed E-state index contributed by atoms with van der Waals surface area (Å²) in [6, 6.07) is 16.8. The number of benzene rings is 2. The first-order chi connectivity index (χ1) is 15.7. The zero-order valence-corrected chi connectivity index (χ0v) is 17.8. The summed E-state index contributed by atoms with van der Waals surface area (Å²) in [5, 5.41) is 11.4. The first-order valence-corrected chi connectivity index (χ1v) is 11.0. The minimum absolute atomic E-state index is 0.128. The number of nitrogens with one attached hydrogen (secondary N) is 1. The van der Waals surface area contributed by atoms with Gasteiger partial charge in [-0.25, -0.2) is 9.07 Å². The molecule has 0 aliphatic carbocycles. The predicted molar refractivity (Wildman–Crippen MR) is 116 cm³/mol. The van der Waals surface area contributed by atoms with Gasteiger partial charge in [-0.3, -0.25) is 9.69 Å². The van der Waals surface area contributed by atoms with Crippen molar-refractivity contribution >= 4 is 5.91 Å². The van der Waals surface area contributed by atoms with E-state index in [1.54, 1.807) is 16.8 Å². The van der Waals surface area contributed by atoms with Gasteiger partial charge < -0.3 is 10.1 Å². The highest BCUT2D eigenvalue weighted by molar-refractivity contribution is 5.93. The fourth-order valence-corrected chi connectivity index (χ4v) is 4.40. The largest absolute Gasteiger partial charge is 0.365 e. The molecule has 1 saturated heterocycles. The normalized spacial score (nSPS) is 19.5. The minimum Gasteiger partial charge on any atom is -0.365 e. The number of hydrogen-bond acceptors (Lipinski definition) is 5. The maximum atomic E-state index is 13.2. The van der Waals surface area contributed by atoms with Gasteiger partial charge in [-0.2, -0.15) is 0 Å². The quantitative estimate of drug-likeness (QED) is 0.667. The fourth-order valence-electron chi connectivity index (χ4n) is 4.40. The Kier molecular flexibility index (Phi) is 5.96. The lowest BCUT2D eigenvalue weighted by molar-refractivity contribution is -0.00182. The lowest BCUT2D eigenvalue weighted by atomic mass is 10.0. The maximum absolute atomic E-state index is 13.2. The number of carbonyl (C=O) groups excluding carboxylic acids is 1. The summed E-state index contributed by atoms with van der Waals surface area (Å²) in [7, 11) is 0. The number of aromatic nitrogens is 3. The van der Waals surface area contributed by atoms with Gasteiger partial charge in [0.15, 0.2) is 5.69 Å². The molecule has 0 unspecified atom stereocenters. The number of rotatable bonds is 5. The second-order valence-electron chi connectivity index (χ2n) is 8.43. The molecule has 0 spiro atoms. The van der Waals surface area contributed by atoms with Crippen molar-refractivity contribution in [3.8, 4) is 0 Å². The van der Waals surface area contributed by atoms with E-state index >= 15 is 0 Å². The number of carbonyl (C=O) groups is 1. The van der Waals surface area contributed by atoms with Crippen LogP contribution in [0.5, 0.6) is 0 Å². The van der Waals surface area contributed by atoms with E-state index in [1.807, 2.05) is 6.07 Å². The summed E-state index contributed by atoms with van der Waals surface area (Å²) < 4.78 is 20.8. The highest BCUT2D eigenvalue weighted by Gasteiger charge is 2.29. The molecule has 1 amide bonds. The van der Waals surface area contributed by atoms with Crippen LogP contribution >= 0.6 is 0 Å². The average Bonchev–Trinajstić information content (AvgIpc) is 3.25. The van der Waals surface area contributed by atoms with Crippen LogP contribution in [0.4, 0.5) is 4.39 Å². The summed E-state index contributed by atoms with van der Waals surface area (Å²) >= 11 is 0. The second-order valence-corrected chi connectivity index (χ2v) is 8.43. The Morgan fingerprint density at radius 1 is 1.09 bits per heavy atom. The van der Waals surface area contributed by atoms with Crippen LogP contribution in [0.3, 0.4) is 0 Å². The van der Waals surface area contributed by atoms with Crippen molar-refractivity contribution in [3.05, 3.63) is 82.9 Å². The first-order valence-electron chi connectivity index (χ1n) is 11.0. The smallest absolute Gasteiger partial charge is 0.274 e. The highest BCUT2D eigenvalue weighted by Crippen LogP contribution is 2.27. The molecule has 1 N–H and O–H groups in total. The Bertz CT molecular complexity index is 1060. The van der Waals surface area contributed by atoms with Gasteiger partial charge in [0.05, 0.1) is 18.8 Å². The van der Waals surface area contributed by atoms with E-state index in [0.717, 1.165) is 38.0 Å². The molecule has 1 fully saturated rings. The molecule has 2 aromatic carbocycles. The summed E-state index contributed by atoms with van der Waals surface area (Å²) in [5.41, 5.74) is 3.20. The van der Waals surface area contributed by atoms with Crippen LogP contribution in [0.25, 0.3) is 0 Å². The Morgan fingerprint density at radius 2 is 1.84 bits per heavy atom. The maximum Gasteiger partial charge on any atom is 0.274 e. The standard InChI is InChI=1S/C24H26FN5O2/c25-19-8-6-18(7-9-19)22-15-30-21(16-32-22)23(27-28-30)24(31)26-20-10-12-29(13-11-20)14-17-4-2-1-3-5-17/h1-9,20,22H,10-16H2,(H,26,31)/t22-/m0/s1. The third-order valence-corrected chi connectivity index (χ3v) is 6.23. The third-order valence-electron chi connectivity index (χ3n) is 6.23. The molecule has 1 atom stereocenters. The molecule has 0 bridgehead atoms. The van der Waals surface area contributed by atoms with Crippen LogP contribution in [0.1, 0.15) is 46.3 Å². The third kappa shape index (κ3) is 4.56. The molecule has 2 aliphatic heterocycles. The zero-order valence-electron chi connectivity index (χ0n) is 17.8. The number of piperidine rings is 1. The van der Waals surface area contributed by atoms with Crippen molar-refractivity contribution < 1.29 is 13.9 Å². The van der Waals surface area contributed by atoms with Gasteiger partial charge in [-0.05, 0) is 36.1 Å². The number of fused-ring (bicyclic) bond motifs is 1. The van der Waals surface area contributed by atoms with Crippen LogP contribution in [-0.2, 0) is 24.4 Å². The molecule has 32 heavy (non-hydrogen) atoms. The first kappa shape index (κ1) is 20.8. The zero-order chi connectivity index (χ0) is 21.9. The number of nitrogens with zero attached hydrogens (tertiary/aromatic N) is 4. The predicted octanol–water partition coefficient (Wildman–Crippen LogP) is 3.08. The molecule has 3 aromatic rings. The van der Waals surface area contributed by atoms with Crippen molar-refractivity contribution in [1.82, 2.24) is 25.2 Å². The highest BCUT2D eigenvalue weighted by atomic mass is 19.1. The van der Waals surface area contributed by atoms with Crippen molar-refractivity contribution in [2.75, 3.05) is 13.1 Å². The number of amides is 1. The monoisotopic (exact) mass is 435 g/mol. The van der Waals surface area contributed by atoms with Crippen molar-refractivity contribution in [2.24, 2.45) is 0 Å². The number of halogens is 1. The molecular weight excluding hydrogens is 409 g/mol. The van der Waals surface area contributed by atoms with Gasteiger partial charge in [0.1, 0.15) is 11.9 Å². The van der Waals surface area contributed by atoms with E-state index in [-0.39, 0.29) is 30.5 Å². The van der Waals surface area contributed by atoms with Gasteiger partial charge in [0.25, 0.3) is 5.91 Å². The van der Waals surface area contributed by atoms with Gasteiger partial charge >= 0.3 is 0 Å². The van der Waals surface area contributed by atoms with Crippen LogP contribution in [0, 0.1) is 5.82 Å². The Balaban J connectivity index is 1.16. The van der Waals surface area contributed by atoms with Gasteiger partial charge in [-0.1, -0.05) is 47.7 Å². The summed E-state index contributed by atoms with van der Waals surface area (Å²) in [6.45, 7) is 3.52. The van der Waals surface area contributed by atoms with Gasteiger partial charge in [0.2, 0.25) is 0 Å². The summed E-state index contributed by atoms with van der Waals surface area (Å²) in [6.07, 6.45) is 1.57. The van der Waals surface area contributed by atoms with Crippen molar-refractivity contribution in [2.45, 2.75) is 44.7 Å². The molecule has 0 saturated carbocycles. The molecule has 0 radical (unpaired) electrons. The summed E-state index contributed by atoms with van der Waals surface area (Å²) in [4.78, 5) is 15.3. The number of hydrogen-bond donors (Lipinski definition) is 1. The van der Waals surface area contributed by atoms with Crippen LogP contribution in [0.15, 0.2) is 54.6 Å². The molecule has 1 aromatic heterocycles. The minimum atomic E-state index is -0.282. The molecule has 2 aliphatic rings. The molecule has 7 nitrogen and oxygen atoms in total. The van der Waals surface area contributed by atoms with Crippen molar-refractivity contribution in [3.63, 3.8) is 0 Å². The Morgan fingerprint density at radius 3 is 2.59 bits per heavy atom. The van der Waals surface area contributed by atoms with E-state index in [4.69, 9.17) is 4.74 Å². The lowest BCUT2D eigenvalue weighted by Gasteiger charge is -2.32. The SMILES string of the molecule is O=C(NC1CCN(Cc2ccccc2)CC1)c1nnn2c1CO[C@H](c1ccc(F)cc1)C2. The molecule has 5 rings (SSSR count). The van der Waals surface area contributed by atoms with E-state index in [9.17, 15) is 9.18 Å². The molecule has 8 heteroatoms. The van der Waals surface area contributed by atoms with E-state index < -0.39 is 0 Å². The van der Waals surface area contributed by atoms with Crippen LogP contribution < -0.4 is 5.32 Å². The lowest BCUT2D eigenvalue weighted by Crippen LogP contribution is -2.44. The average molecular weight is 436 g/mol. The van der Waals surface area contributed by atoms with Crippen molar-refractivity contribution in [1.29, 1.82) is 0 Å². The number of likely N-dealkylation sites (tertiary alicyclic amines) is 1. The molecule has 3 heterocycles. The molecule has 166 valence electrons. The van der Waals surface area contributed by atoms with E-state index in [0.29, 0.717) is 17.9 Å². The van der Waals surface area contributed by atoms with Gasteiger partial charge in [0, 0.05) is 25.7 Å². The topological polar surface area (TPSA) is 72.3 Å². The summed E-state index contributed by atoms with van der Waals surface area (Å²) in [5.74, 6) is -0.479. The molecular formula is C24H26FN5O2. The second kappa shape index (κ2) is 9.18. The van der Waals surface area contributed by atoms with E-state index in [1.165, 1.54) is 17.7 Å². The Hall–Kier alpha value is -3.10. The van der Waals surface area contributed by atoms with Crippen LogP contribution in [0.2, 0.25) is 0 Å². The fraction of sp³-hybridized carbons (Fsp3) is 0.375. The van der Waals surface area contributed by atoms with Crippen LogP contribution in [-0.4, -0.2) is 44.9 Å². The number of ether oxygens (including phenoxy) is 1.